The van der Waals surface area contributed by atoms with Crippen molar-refractivity contribution in [1.29, 1.82) is 0 Å². The molecular formula is C18H17ClN2O4S. The standard InChI is InChI=1S/C18H17ClN2O4S/c1-12-3-6-15(7-4-12)26(22,23)24-10-9-16-13(2)25-18(21-16)14-5-8-17(19)20-11-14/h3-8,11H,9-10H2,1-2H3. The lowest BCUT2D eigenvalue weighted by Crippen LogP contribution is -2.09. The van der Waals surface area contributed by atoms with Crippen LogP contribution in [0.15, 0.2) is 51.9 Å². The average molecular weight is 393 g/mol. The predicted octanol–water partition coefficient (Wildman–Crippen LogP) is 3.95. The Kier molecular flexibility index (Phi) is 5.41. The number of aryl methyl sites for hydroxylation is 2. The van der Waals surface area contributed by atoms with Crippen LogP contribution in [0.4, 0.5) is 0 Å². The van der Waals surface area contributed by atoms with Gasteiger partial charge in [-0.1, -0.05) is 29.3 Å². The third-order valence-electron chi connectivity index (χ3n) is 3.75. The number of aromatic nitrogens is 2. The van der Waals surface area contributed by atoms with Crippen LogP contribution in [0.25, 0.3) is 11.5 Å². The van der Waals surface area contributed by atoms with Crippen LogP contribution in [-0.4, -0.2) is 25.0 Å². The van der Waals surface area contributed by atoms with Crippen LogP contribution in [0, 0.1) is 13.8 Å². The van der Waals surface area contributed by atoms with Crippen molar-refractivity contribution in [2.24, 2.45) is 0 Å². The summed E-state index contributed by atoms with van der Waals surface area (Å²) >= 11 is 5.77. The van der Waals surface area contributed by atoms with Crippen LogP contribution in [-0.2, 0) is 20.7 Å². The molecule has 0 aliphatic rings. The van der Waals surface area contributed by atoms with Gasteiger partial charge in [-0.3, -0.25) is 4.18 Å². The van der Waals surface area contributed by atoms with Gasteiger partial charge in [0.1, 0.15) is 10.9 Å². The molecule has 0 saturated heterocycles. The molecule has 0 fully saturated rings. The molecule has 0 aliphatic carbocycles. The van der Waals surface area contributed by atoms with E-state index >= 15 is 0 Å². The smallest absolute Gasteiger partial charge is 0.296 e. The molecule has 136 valence electrons. The summed E-state index contributed by atoms with van der Waals surface area (Å²) in [5.41, 5.74) is 2.30. The Morgan fingerprint density at radius 1 is 1.12 bits per heavy atom. The molecule has 2 aromatic heterocycles. The van der Waals surface area contributed by atoms with E-state index in [0.717, 1.165) is 5.56 Å². The lowest BCUT2D eigenvalue weighted by atomic mass is 10.2. The Balaban J connectivity index is 1.66. The summed E-state index contributed by atoms with van der Waals surface area (Å²) < 4.78 is 35.1. The third kappa shape index (κ3) is 4.30. The van der Waals surface area contributed by atoms with E-state index in [1.54, 1.807) is 37.4 Å². The van der Waals surface area contributed by atoms with Crippen molar-refractivity contribution in [3.05, 3.63) is 64.8 Å². The lowest BCUT2D eigenvalue weighted by Gasteiger charge is -2.05. The third-order valence-corrected chi connectivity index (χ3v) is 5.30. The van der Waals surface area contributed by atoms with Gasteiger partial charge >= 0.3 is 0 Å². The molecule has 0 radical (unpaired) electrons. The van der Waals surface area contributed by atoms with Gasteiger partial charge in [0, 0.05) is 12.6 Å². The van der Waals surface area contributed by atoms with Crippen LogP contribution in [0.5, 0.6) is 0 Å². The topological polar surface area (TPSA) is 82.3 Å². The zero-order chi connectivity index (χ0) is 18.7. The highest BCUT2D eigenvalue weighted by Gasteiger charge is 2.17. The molecule has 2 heterocycles. The van der Waals surface area contributed by atoms with Gasteiger partial charge in [0.05, 0.1) is 22.8 Å². The Morgan fingerprint density at radius 3 is 2.50 bits per heavy atom. The van der Waals surface area contributed by atoms with Crippen LogP contribution in [0.2, 0.25) is 5.15 Å². The van der Waals surface area contributed by atoms with Gasteiger partial charge in [-0.05, 0) is 38.1 Å². The molecule has 3 rings (SSSR count). The van der Waals surface area contributed by atoms with Gasteiger partial charge < -0.3 is 4.42 Å². The highest BCUT2D eigenvalue weighted by Crippen LogP contribution is 2.22. The van der Waals surface area contributed by atoms with Crippen molar-refractivity contribution in [3.63, 3.8) is 0 Å². The summed E-state index contributed by atoms with van der Waals surface area (Å²) in [6, 6.07) is 9.90. The molecule has 0 aliphatic heterocycles. The Hall–Kier alpha value is -2.22. The largest absolute Gasteiger partial charge is 0.441 e. The monoisotopic (exact) mass is 392 g/mol. The molecule has 6 nitrogen and oxygen atoms in total. The van der Waals surface area contributed by atoms with Crippen LogP contribution in [0.1, 0.15) is 17.0 Å². The SMILES string of the molecule is Cc1ccc(S(=O)(=O)OCCc2nc(-c3ccc(Cl)nc3)oc2C)cc1. The van der Waals surface area contributed by atoms with Crippen molar-refractivity contribution in [2.75, 3.05) is 6.61 Å². The van der Waals surface area contributed by atoms with Crippen molar-refractivity contribution in [3.8, 4) is 11.5 Å². The molecule has 0 atom stereocenters. The molecule has 8 heteroatoms. The zero-order valence-electron chi connectivity index (χ0n) is 14.3. The van der Waals surface area contributed by atoms with Gasteiger partial charge in [0.2, 0.25) is 5.89 Å². The molecule has 26 heavy (non-hydrogen) atoms. The van der Waals surface area contributed by atoms with E-state index in [9.17, 15) is 8.42 Å². The fourth-order valence-electron chi connectivity index (χ4n) is 2.31. The first-order chi connectivity index (χ1) is 12.3. The van der Waals surface area contributed by atoms with Crippen LogP contribution < -0.4 is 0 Å². The van der Waals surface area contributed by atoms with E-state index in [2.05, 4.69) is 9.97 Å². The van der Waals surface area contributed by atoms with Gasteiger partial charge in [-0.25, -0.2) is 9.97 Å². The van der Waals surface area contributed by atoms with Gasteiger partial charge in [0.25, 0.3) is 10.1 Å². The van der Waals surface area contributed by atoms with E-state index in [4.69, 9.17) is 20.2 Å². The Bertz CT molecular complexity index is 997. The number of hydrogen-bond donors (Lipinski definition) is 0. The van der Waals surface area contributed by atoms with E-state index in [-0.39, 0.29) is 11.5 Å². The first kappa shape index (κ1) is 18.6. The number of pyridine rings is 1. The second kappa shape index (κ2) is 7.57. The Labute approximate surface area is 156 Å². The van der Waals surface area contributed by atoms with Gasteiger partial charge in [-0.15, -0.1) is 0 Å². The first-order valence-corrected chi connectivity index (χ1v) is 9.68. The van der Waals surface area contributed by atoms with Crippen molar-refractivity contribution < 1.29 is 17.0 Å². The van der Waals surface area contributed by atoms with Crippen molar-refractivity contribution in [1.82, 2.24) is 9.97 Å². The summed E-state index contributed by atoms with van der Waals surface area (Å²) in [7, 11) is -3.79. The number of halogens is 1. The quantitative estimate of drug-likeness (QED) is 0.466. The molecular weight excluding hydrogens is 376 g/mol. The summed E-state index contributed by atoms with van der Waals surface area (Å²) in [5.74, 6) is 1.01. The molecule has 0 N–H and O–H groups in total. The molecule has 0 bridgehead atoms. The Morgan fingerprint density at radius 2 is 1.85 bits per heavy atom. The normalized spacial score (nSPS) is 11.7. The average Bonchev–Trinajstić information content (AvgIpc) is 2.97. The van der Waals surface area contributed by atoms with E-state index in [1.807, 2.05) is 6.92 Å². The molecule has 0 amide bonds. The van der Waals surface area contributed by atoms with Gasteiger partial charge in [-0.2, -0.15) is 8.42 Å². The van der Waals surface area contributed by atoms with Crippen LogP contribution >= 0.6 is 11.6 Å². The minimum absolute atomic E-state index is 0.0259. The van der Waals surface area contributed by atoms with Crippen molar-refractivity contribution in [2.45, 2.75) is 25.2 Å². The van der Waals surface area contributed by atoms with E-state index < -0.39 is 10.1 Å². The number of rotatable bonds is 6. The summed E-state index contributed by atoms with van der Waals surface area (Å²) in [6.45, 7) is 3.63. The number of oxazole rings is 1. The maximum absolute atomic E-state index is 12.2. The number of nitrogens with zero attached hydrogens (tertiary/aromatic N) is 2. The number of benzene rings is 1. The molecule has 3 aromatic rings. The van der Waals surface area contributed by atoms with E-state index in [1.165, 1.54) is 12.1 Å². The first-order valence-electron chi connectivity index (χ1n) is 7.89. The fraction of sp³-hybridized carbons (Fsp3) is 0.222. The zero-order valence-corrected chi connectivity index (χ0v) is 15.8. The second-order valence-electron chi connectivity index (χ2n) is 5.73. The second-order valence-corrected chi connectivity index (χ2v) is 7.73. The molecule has 0 saturated carbocycles. The van der Waals surface area contributed by atoms with Crippen LogP contribution in [0.3, 0.4) is 0 Å². The molecule has 1 aromatic carbocycles. The van der Waals surface area contributed by atoms with Crippen molar-refractivity contribution >= 4 is 21.7 Å². The van der Waals surface area contributed by atoms with E-state index in [0.29, 0.717) is 34.5 Å². The summed E-state index contributed by atoms with van der Waals surface area (Å²) in [6.07, 6.45) is 1.87. The number of hydrogen-bond acceptors (Lipinski definition) is 6. The van der Waals surface area contributed by atoms with Gasteiger partial charge in [0.15, 0.2) is 0 Å². The fourth-order valence-corrected chi connectivity index (χ4v) is 3.33. The maximum atomic E-state index is 12.2. The summed E-state index contributed by atoms with van der Waals surface area (Å²) in [4.78, 5) is 8.51. The molecule has 0 unspecified atom stereocenters. The minimum Gasteiger partial charge on any atom is -0.441 e. The predicted molar refractivity (Wildman–Crippen MR) is 97.5 cm³/mol. The summed E-state index contributed by atoms with van der Waals surface area (Å²) in [5, 5.41) is 0.381. The molecule has 0 spiro atoms. The highest BCUT2D eigenvalue weighted by atomic mass is 35.5. The lowest BCUT2D eigenvalue weighted by molar-refractivity contribution is 0.320. The highest BCUT2D eigenvalue weighted by molar-refractivity contribution is 7.86. The minimum atomic E-state index is -3.79. The maximum Gasteiger partial charge on any atom is 0.296 e.